The van der Waals surface area contributed by atoms with Gasteiger partial charge < -0.3 is 10.2 Å². The summed E-state index contributed by atoms with van der Waals surface area (Å²) in [7, 11) is 0. The standard InChI is InChI=1S/C19H20N2O3/c1-14(22)16-8-10-18(11-9-16)21(15(2)23)13-12-20-19(24)17-6-4-3-5-7-17/h3-11H,12-13H2,1-2H3,(H,20,24). The first-order valence-electron chi connectivity index (χ1n) is 7.71. The zero-order valence-electron chi connectivity index (χ0n) is 13.8. The van der Waals surface area contributed by atoms with Gasteiger partial charge in [-0.15, -0.1) is 0 Å². The van der Waals surface area contributed by atoms with Crippen LogP contribution in [0, 0.1) is 0 Å². The van der Waals surface area contributed by atoms with E-state index in [0.717, 1.165) is 0 Å². The highest BCUT2D eigenvalue weighted by Gasteiger charge is 2.12. The van der Waals surface area contributed by atoms with Gasteiger partial charge in [-0.3, -0.25) is 14.4 Å². The molecule has 0 radical (unpaired) electrons. The molecule has 2 amide bonds. The van der Waals surface area contributed by atoms with Crippen molar-refractivity contribution in [2.24, 2.45) is 0 Å². The van der Waals surface area contributed by atoms with Crippen LogP contribution >= 0.6 is 0 Å². The van der Waals surface area contributed by atoms with Gasteiger partial charge in [0.2, 0.25) is 5.91 Å². The molecule has 0 saturated heterocycles. The number of hydrogen-bond donors (Lipinski definition) is 1. The SMILES string of the molecule is CC(=O)c1ccc(N(CCNC(=O)c2ccccc2)C(C)=O)cc1. The molecule has 0 heterocycles. The van der Waals surface area contributed by atoms with E-state index in [-0.39, 0.29) is 17.6 Å². The van der Waals surface area contributed by atoms with Crippen molar-refractivity contribution < 1.29 is 14.4 Å². The van der Waals surface area contributed by atoms with Gasteiger partial charge in [0, 0.05) is 36.8 Å². The van der Waals surface area contributed by atoms with Crippen LogP contribution in [0.1, 0.15) is 34.6 Å². The summed E-state index contributed by atoms with van der Waals surface area (Å²) >= 11 is 0. The van der Waals surface area contributed by atoms with Crippen LogP contribution in [0.3, 0.4) is 0 Å². The first kappa shape index (κ1) is 17.4. The minimum absolute atomic E-state index is 0.0222. The highest BCUT2D eigenvalue weighted by molar-refractivity contribution is 5.96. The van der Waals surface area contributed by atoms with Gasteiger partial charge in [-0.25, -0.2) is 0 Å². The van der Waals surface area contributed by atoms with E-state index in [0.29, 0.717) is 29.9 Å². The molecule has 0 saturated carbocycles. The molecule has 0 aliphatic heterocycles. The maximum atomic E-state index is 12.0. The number of carbonyl (C=O) groups is 3. The largest absolute Gasteiger partial charge is 0.350 e. The van der Waals surface area contributed by atoms with Crippen molar-refractivity contribution in [2.45, 2.75) is 13.8 Å². The highest BCUT2D eigenvalue weighted by Crippen LogP contribution is 2.15. The molecular formula is C19H20N2O3. The predicted octanol–water partition coefficient (Wildman–Crippen LogP) is 2.67. The average Bonchev–Trinajstić information content (AvgIpc) is 2.59. The Morgan fingerprint density at radius 3 is 2.04 bits per heavy atom. The lowest BCUT2D eigenvalue weighted by Gasteiger charge is -2.21. The molecule has 0 atom stereocenters. The zero-order valence-corrected chi connectivity index (χ0v) is 13.8. The summed E-state index contributed by atoms with van der Waals surface area (Å²) < 4.78 is 0. The van der Waals surface area contributed by atoms with E-state index in [9.17, 15) is 14.4 Å². The van der Waals surface area contributed by atoms with Crippen LogP contribution in [0.2, 0.25) is 0 Å². The predicted molar refractivity (Wildman–Crippen MR) is 93.2 cm³/mol. The lowest BCUT2D eigenvalue weighted by molar-refractivity contribution is -0.116. The Morgan fingerprint density at radius 2 is 1.50 bits per heavy atom. The molecule has 0 aliphatic carbocycles. The van der Waals surface area contributed by atoms with Crippen LogP contribution in [-0.2, 0) is 4.79 Å². The second-order valence-corrected chi connectivity index (χ2v) is 5.40. The molecule has 1 N–H and O–H groups in total. The Balaban J connectivity index is 1.98. The van der Waals surface area contributed by atoms with E-state index < -0.39 is 0 Å². The van der Waals surface area contributed by atoms with Gasteiger partial charge >= 0.3 is 0 Å². The fourth-order valence-corrected chi connectivity index (χ4v) is 2.32. The zero-order chi connectivity index (χ0) is 17.5. The van der Waals surface area contributed by atoms with Crippen LogP contribution in [0.4, 0.5) is 5.69 Å². The third-order valence-electron chi connectivity index (χ3n) is 3.62. The van der Waals surface area contributed by atoms with Gasteiger partial charge in [-0.05, 0) is 43.3 Å². The van der Waals surface area contributed by atoms with Crippen molar-refractivity contribution in [2.75, 3.05) is 18.0 Å². The molecule has 0 aromatic heterocycles. The molecule has 0 fully saturated rings. The molecule has 0 bridgehead atoms. The Hall–Kier alpha value is -2.95. The smallest absolute Gasteiger partial charge is 0.251 e. The Bertz CT molecular complexity index is 724. The number of benzene rings is 2. The summed E-state index contributed by atoms with van der Waals surface area (Å²) in [6.07, 6.45) is 0. The van der Waals surface area contributed by atoms with Crippen molar-refractivity contribution in [3.8, 4) is 0 Å². The summed E-state index contributed by atoms with van der Waals surface area (Å²) in [5.41, 5.74) is 1.87. The minimum atomic E-state index is -0.175. The summed E-state index contributed by atoms with van der Waals surface area (Å²) in [4.78, 5) is 36.7. The van der Waals surface area contributed by atoms with E-state index in [4.69, 9.17) is 0 Å². The van der Waals surface area contributed by atoms with E-state index in [2.05, 4.69) is 5.32 Å². The van der Waals surface area contributed by atoms with Gasteiger partial charge in [0.05, 0.1) is 0 Å². The molecule has 124 valence electrons. The summed E-state index contributed by atoms with van der Waals surface area (Å²) in [5, 5.41) is 2.80. The van der Waals surface area contributed by atoms with Crippen molar-refractivity contribution in [3.63, 3.8) is 0 Å². The summed E-state index contributed by atoms with van der Waals surface area (Å²) in [6.45, 7) is 3.66. The third-order valence-corrected chi connectivity index (χ3v) is 3.62. The van der Waals surface area contributed by atoms with Crippen LogP contribution in [-0.4, -0.2) is 30.7 Å². The fraction of sp³-hybridized carbons (Fsp3) is 0.211. The normalized spacial score (nSPS) is 10.1. The lowest BCUT2D eigenvalue weighted by atomic mass is 10.1. The van der Waals surface area contributed by atoms with Gasteiger partial charge in [0.15, 0.2) is 5.78 Å². The number of anilines is 1. The first-order valence-corrected chi connectivity index (χ1v) is 7.71. The summed E-state index contributed by atoms with van der Waals surface area (Å²) in [6, 6.07) is 15.8. The van der Waals surface area contributed by atoms with Crippen LogP contribution in [0.25, 0.3) is 0 Å². The Morgan fingerprint density at radius 1 is 0.875 bits per heavy atom. The Kier molecular flexibility index (Phi) is 5.84. The monoisotopic (exact) mass is 324 g/mol. The number of rotatable bonds is 6. The maximum Gasteiger partial charge on any atom is 0.251 e. The van der Waals surface area contributed by atoms with Crippen LogP contribution in [0.15, 0.2) is 54.6 Å². The quantitative estimate of drug-likeness (QED) is 0.831. The van der Waals surface area contributed by atoms with E-state index in [1.807, 2.05) is 6.07 Å². The van der Waals surface area contributed by atoms with Gasteiger partial charge in [0.1, 0.15) is 0 Å². The molecule has 2 aromatic rings. The van der Waals surface area contributed by atoms with Crippen molar-refractivity contribution in [3.05, 3.63) is 65.7 Å². The number of nitrogens with one attached hydrogen (secondary N) is 1. The number of hydrogen-bond acceptors (Lipinski definition) is 3. The number of ketones is 1. The average molecular weight is 324 g/mol. The molecule has 2 aromatic carbocycles. The third kappa shape index (κ3) is 4.52. The molecule has 0 aliphatic rings. The molecule has 5 nitrogen and oxygen atoms in total. The number of amides is 2. The molecule has 0 unspecified atom stereocenters. The van der Waals surface area contributed by atoms with E-state index >= 15 is 0 Å². The highest BCUT2D eigenvalue weighted by atomic mass is 16.2. The fourth-order valence-electron chi connectivity index (χ4n) is 2.32. The van der Waals surface area contributed by atoms with Gasteiger partial charge in [0.25, 0.3) is 5.91 Å². The van der Waals surface area contributed by atoms with Crippen molar-refractivity contribution in [1.29, 1.82) is 0 Å². The Labute approximate surface area is 141 Å². The first-order chi connectivity index (χ1) is 11.5. The van der Waals surface area contributed by atoms with E-state index in [1.54, 1.807) is 53.4 Å². The molecule has 24 heavy (non-hydrogen) atoms. The summed E-state index contributed by atoms with van der Waals surface area (Å²) in [5.74, 6) is -0.323. The molecule has 2 rings (SSSR count). The van der Waals surface area contributed by atoms with Crippen molar-refractivity contribution >= 4 is 23.3 Å². The van der Waals surface area contributed by atoms with Gasteiger partial charge in [-0.2, -0.15) is 0 Å². The van der Waals surface area contributed by atoms with Crippen LogP contribution < -0.4 is 10.2 Å². The number of nitrogens with zero attached hydrogens (tertiary/aromatic N) is 1. The van der Waals surface area contributed by atoms with Crippen molar-refractivity contribution in [1.82, 2.24) is 5.32 Å². The van der Waals surface area contributed by atoms with E-state index in [1.165, 1.54) is 13.8 Å². The molecule has 5 heteroatoms. The second-order valence-electron chi connectivity index (χ2n) is 5.40. The maximum absolute atomic E-state index is 12.0. The van der Waals surface area contributed by atoms with Gasteiger partial charge in [-0.1, -0.05) is 18.2 Å². The van der Waals surface area contributed by atoms with Crippen LogP contribution in [0.5, 0.6) is 0 Å². The number of Topliss-reactive ketones (excluding diaryl/α,β-unsaturated/α-hetero) is 1. The molecular weight excluding hydrogens is 304 g/mol. The molecule has 0 spiro atoms. The second kappa shape index (κ2) is 8.06. The number of carbonyl (C=O) groups excluding carboxylic acids is 3. The topological polar surface area (TPSA) is 66.5 Å². The lowest BCUT2D eigenvalue weighted by Crippen LogP contribution is -2.37. The minimum Gasteiger partial charge on any atom is -0.350 e.